The van der Waals surface area contributed by atoms with Gasteiger partial charge in [0.25, 0.3) is 11.8 Å². The first kappa shape index (κ1) is 14.8. The lowest BCUT2D eigenvalue weighted by Crippen LogP contribution is -2.38. The maximum absolute atomic E-state index is 13.2. The minimum Gasteiger partial charge on any atom is -0.481 e. The second-order valence-corrected chi connectivity index (χ2v) is 6.08. The van der Waals surface area contributed by atoms with E-state index in [4.69, 9.17) is 4.74 Å². The number of likely N-dealkylation sites (N-methyl/N-ethyl adjacent to an activating group) is 1. The van der Waals surface area contributed by atoms with Crippen LogP contribution in [0.15, 0.2) is 42.5 Å². The largest absolute Gasteiger partial charge is 0.481 e. The molecule has 0 saturated heterocycles. The van der Waals surface area contributed by atoms with Crippen LogP contribution in [0.3, 0.4) is 0 Å². The Morgan fingerprint density at radius 2 is 1.88 bits per heavy atom. The van der Waals surface area contributed by atoms with Crippen molar-refractivity contribution in [2.45, 2.75) is 12.8 Å². The Morgan fingerprint density at radius 3 is 2.75 bits per heavy atom. The number of fused-ring (bicyclic) bond motifs is 2. The summed E-state index contributed by atoms with van der Waals surface area (Å²) in [6.07, 6.45) is 1.93. The fourth-order valence-electron chi connectivity index (χ4n) is 3.36. The van der Waals surface area contributed by atoms with Crippen molar-refractivity contribution in [3.05, 3.63) is 53.6 Å². The number of para-hydroxylation sites is 2. The Bertz CT molecular complexity index is 831. The third kappa shape index (κ3) is 2.24. The molecule has 5 heteroatoms. The molecule has 2 aromatic carbocycles. The molecule has 2 aliphatic rings. The fourth-order valence-corrected chi connectivity index (χ4v) is 3.36. The predicted molar refractivity (Wildman–Crippen MR) is 91.8 cm³/mol. The number of nitrogens with zero attached hydrogens (tertiary/aromatic N) is 2. The van der Waals surface area contributed by atoms with Gasteiger partial charge in [-0.3, -0.25) is 9.59 Å². The van der Waals surface area contributed by atoms with Crippen molar-refractivity contribution in [3.63, 3.8) is 0 Å². The monoisotopic (exact) mass is 322 g/mol. The van der Waals surface area contributed by atoms with Crippen molar-refractivity contribution in [2.75, 3.05) is 30.0 Å². The molecule has 0 radical (unpaired) electrons. The maximum Gasteiger partial charge on any atom is 0.264 e. The first-order chi connectivity index (χ1) is 11.7. The van der Waals surface area contributed by atoms with Gasteiger partial charge in [0.05, 0.1) is 11.3 Å². The summed E-state index contributed by atoms with van der Waals surface area (Å²) in [7, 11) is 1.70. The van der Waals surface area contributed by atoms with E-state index in [1.807, 2.05) is 23.1 Å². The fraction of sp³-hybridized carbons (Fsp3) is 0.263. The van der Waals surface area contributed by atoms with Gasteiger partial charge in [0.1, 0.15) is 0 Å². The average molecular weight is 322 g/mol. The lowest BCUT2D eigenvalue weighted by Gasteiger charge is -2.32. The van der Waals surface area contributed by atoms with Crippen LogP contribution >= 0.6 is 0 Å². The van der Waals surface area contributed by atoms with Crippen molar-refractivity contribution >= 4 is 23.2 Å². The number of aryl methyl sites for hydroxylation is 1. The summed E-state index contributed by atoms with van der Waals surface area (Å²) in [5.41, 5.74) is 3.30. The van der Waals surface area contributed by atoms with E-state index in [9.17, 15) is 9.59 Å². The summed E-state index contributed by atoms with van der Waals surface area (Å²) in [5, 5.41) is 0. The van der Waals surface area contributed by atoms with E-state index in [0.29, 0.717) is 23.5 Å². The first-order valence-corrected chi connectivity index (χ1v) is 8.09. The highest BCUT2D eigenvalue weighted by molar-refractivity contribution is 6.11. The number of hydrogen-bond donors (Lipinski definition) is 0. The van der Waals surface area contributed by atoms with Crippen LogP contribution < -0.4 is 14.5 Å². The Kier molecular flexibility index (Phi) is 3.49. The smallest absolute Gasteiger partial charge is 0.264 e. The molecule has 122 valence electrons. The van der Waals surface area contributed by atoms with E-state index in [2.05, 4.69) is 6.07 Å². The minimum atomic E-state index is -0.115. The van der Waals surface area contributed by atoms with Gasteiger partial charge in [0, 0.05) is 19.3 Å². The molecule has 0 saturated carbocycles. The van der Waals surface area contributed by atoms with Gasteiger partial charge in [0.2, 0.25) is 0 Å². The van der Waals surface area contributed by atoms with Crippen LogP contribution in [-0.4, -0.2) is 32.0 Å². The summed E-state index contributed by atoms with van der Waals surface area (Å²) >= 11 is 0. The van der Waals surface area contributed by atoms with E-state index in [1.54, 1.807) is 30.1 Å². The van der Waals surface area contributed by atoms with Gasteiger partial charge in [-0.05, 0) is 36.6 Å². The molecule has 24 heavy (non-hydrogen) atoms. The van der Waals surface area contributed by atoms with Gasteiger partial charge in [-0.25, -0.2) is 0 Å². The molecule has 2 heterocycles. The van der Waals surface area contributed by atoms with Crippen LogP contribution in [0.25, 0.3) is 0 Å². The molecule has 4 rings (SSSR count). The number of anilines is 2. The number of carbonyl (C=O) groups is 2. The van der Waals surface area contributed by atoms with E-state index >= 15 is 0 Å². The van der Waals surface area contributed by atoms with E-state index in [-0.39, 0.29) is 18.4 Å². The van der Waals surface area contributed by atoms with Crippen LogP contribution in [0.5, 0.6) is 5.75 Å². The van der Waals surface area contributed by atoms with Crippen LogP contribution in [0, 0.1) is 0 Å². The van der Waals surface area contributed by atoms with Crippen molar-refractivity contribution < 1.29 is 14.3 Å². The zero-order valence-electron chi connectivity index (χ0n) is 13.5. The number of benzene rings is 2. The normalized spacial score (nSPS) is 16.3. The van der Waals surface area contributed by atoms with E-state index in [0.717, 1.165) is 18.5 Å². The molecule has 0 aliphatic carbocycles. The third-order valence-corrected chi connectivity index (χ3v) is 4.66. The Balaban J connectivity index is 1.76. The summed E-state index contributed by atoms with van der Waals surface area (Å²) in [4.78, 5) is 28.3. The lowest BCUT2D eigenvalue weighted by molar-refractivity contribution is -0.121. The number of hydrogen-bond acceptors (Lipinski definition) is 3. The number of ether oxygens (including phenoxy) is 1. The highest BCUT2D eigenvalue weighted by Gasteiger charge is 2.30. The predicted octanol–water partition coefficient (Wildman–Crippen LogP) is 2.63. The summed E-state index contributed by atoms with van der Waals surface area (Å²) in [6.45, 7) is 0.651. The maximum atomic E-state index is 13.2. The molecule has 0 unspecified atom stereocenters. The minimum absolute atomic E-state index is 0.0373. The molecule has 0 fully saturated rings. The molecular weight excluding hydrogens is 304 g/mol. The number of carbonyl (C=O) groups excluding carboxylic acids is 2. The zero-order valence-corrected chi connectivity index (χ0v) is 13.5. The van der Waals surface area contributed by atoms with Gasteiger partial charge >= 0.3 is 0 Å². The summed E-state index contributed by atoms with van der Waals surface area (Å²) in [6, 6.07) is 13.4. The molecule has 2 amide bonds. The van der Waals surface area contributed by atoms with Gasteiger partial charge in [-0.1, -0.05) is 24.3 Å². The number of rotatable bonds is 1. The highest BCUT2D eigenvalue weighted by Crippen LogP contribution is 2.37. The molecule has 0 atom stereocenters. The standard InChI is InChI=1S/C19H18N2O3/c1-20-16-10-4-8-14(18(16)24-12-17(20)22)19(23)21-11-5-7-13-6-2-3-9-15(13)21/h2-4,6,8-10H,5,7,11-12H2,1H3. The Morgan fingerprint density at radius 1 is 1.08 bits per heavy atom. The molecule has 0 aromatic heterocycles. The molecule has 5 nitrogen and oxygen atoms in total. The van der Waals surface area contributed by atoms with E-state index in [1.165, 1.54) is 5.56 Å². The SMILES string of the molecule is CN1C(=O)COc2c(C(=O)N3CCCc4ccccc43)cccc21. The van der Waals surface area contributed by atoms with Gasteiger partial charge in [-0.15, -0.1) is 0 Å². The molecule has 0 spiro atoms. The van der Waals surface area contributed by atoms with Crippen LogP contribution in [0.4, 0.5) is 11.4 Å². The third-order valence-electron chi connectivity index (χ3n) is 4.66. The molecular formula is C19H18N2O3. The molecule has 0 N–H and O–H groups in total. The van der Waals surface area contributed by atoms with Gasteiger partial charge in [-0.2, -0.15) is 0 Å². The topological polar surface area (TPSA) is 49.9 Å². The van der Waals surface area contributed by atoms with Crippen LogP contribution in [0.1, 0.15) is 22.3 Å². The van der Waals surface area contributed by atoms with Crippen LogP contribution in [-0.2, 0) is 11.2 Å². The highest BCUT2D eigenvalue weighted by atomic mass is 16.5. The Hall–Kier alpha value is -2.82. The molecule has 0 bridgehead atoms. The number of amides is 2. The zero-order chi connectivity index (χ0) is 16.7. The quantitative estimate of drug-likeness (QED) is 0.811. The Labute approximate surface area is 140 Å². The molecule has 2 aliphatic heterocycles. The van der Waals surface area contributed by atoms with Gasteiger partial charge < -0.3 is 14.5 Å². The van der Waals surface area contributed by atoms with Crippen molar-refractivity contribution in [1.82, 2.24) is 0 Å². The first-order valence-electron chi connectivity index (χ1n) is 8.09. The van der Waals surface area contributed by atoms with Crippen molar-refractivity contribution in [2.24, 2.45) is 0 Å². The second-order valence-electron chi connectivity index (χ2n) is 6.08. The molecule has 2 aromatic rings. The van der Waals surface area contributed by atoms with Crippen molar-refractivity contribution in [1.29, 1.82) is 0 Å². The van der Waals surface area contributed by atoms with Crippen molar-refractivity contribution in [3.8, 4) is 5.75 Å². The lowest BCUT2D eigenvalue weighted by atomic mass is 10.0. The average Bonchev–Trinajstić information content (AvgIpc) is 2.63. The van der Waals surface area contributed by atoms with Crippen LogP contribution in [0.2, 0.25) is 0 Å². The van der Waals surface area contributed by atoms with Gasteiger partial charge in [0.15, 0.2) is 12.4 Å². The summed E-state index contributed by atoms with van der Waals surface area (Å²) < 4.78 is 5.60. The summed E-state index contributed by atoms with van der Waals surface area (Å²) in [5.74, 6) is 0.296. The second kappa shape index (κ2) is 5.67. The van der Waals surface area contributed by atoms with E-state index < -0.39 is 0 Å².